The van der Waals surface area contributed by atoms with Crippen molar-refractivity contribution in [3.8, 4) is 5.75 Å². The van der Waals surface area contributed by atoms with Crippen molar-refractivity contribution in [1.29, 1.82) is 0 Å². The van der Waals surface area contributed by atoms with Gasteiger partial charge < -0.3 is 20.1 Å². The summed E-state index contributed by atoms with van der Waals surface area (Å²) in [5, 5.41) is 0. The van der Waals surface area contributed by atoms with Gasteiger partial charge in [0.05, 0.1) is 26.2 Å². The lowest BCUT2D eigenvalue weighted by Crippen LogP contribution is -2.48. The zero-order valence-corrected chi connectivity index (χ0v) is 12.4. The van der Waals surface area contributed by atoms with Crippen LogP contribution in [0, 0.1) is 0 Å². The number of halogens is 1. The topological polar surface area (TPSA) is 64.8 Å². The fourth-order valence-corrected chi connectivity index (χ4v) is 2.12. The van der Waals surface area contributed by atoms with Crippen molar-refractivity contribution in [2.24, 2.45) is 5.73 Å². The zero-order chi connectivity index (χ0) is 13.7. The Morgan fingerprint density at radius 1 is 1.45 bits per heavy atom. The number of carbonyl (C=O) groups is 1. The maximum absolute atomic E-state index is 12.2. The van der Waals surface area contributed by atoms with E-state index < -0.39 is 0 Å². The van der Waals surface area contributed by atoms with Crippen LogP contribution in [0.25, 0.3) is 0 Å². The highest BCUT2D eigenvalue weighted by Gasteiger charge is 2.23. The summed E-state index contributed by atoms with van der Waals surface area (Å²) >= 11 is 0. The minimum atomic E-state index is -0.0337. The largest absolute Gasteiger partial charge is 0.497 e. The monoisotopic (exact) mass is 300 g/mol. The predicted octanol–water partition coefficient (Wildman–Crippen LogP) is 0.846. The molecule has 0 radical (unpaired) electrons. The van der Waals surface area contributed by atoms with E-state index in [-0.39, 0.29) is 24.4 Å². The van der Waals surface area contributed by atoms with Crippen molar-refractivity contribution >= 4 is 18.3 Å². The number of amides is 1. The van der Waals surface area contributed by atoms with Gasteiger partial charge in [-0.3, -0.25) is 4.79 Å². The van der Waals surface area contributed by atoms with Gasteiger partial charge in [-0.2, -0.15) is 0 Å². The standard InChI is InChI=1S/C14H20N2O3.ClH/c1-18-12-4-2-11(3-5-12)8-14(17)16-6-7-19-13(9-15)10-16;/h2-5,13H,6-10,15H2,1H3;1H. The second-order valence-corrected chi connectivity index (χ2v) is 4.59. The molecule has 1 aromatic carbocycles. The summed E-state index contributed by atoms with van der Waals surface area (Å²) in [5.41, 5.74) is 6.56. The summed E-state index contributed by atoms with van der Waals surface area (Å²) < 4.78 is 10.5. The highest BCUT2D eigenvalue weighted by Crippen LogP contribution is 2.13. The lowest BCUT2D eigenvalue weighted by Gasteiger charge is -2.32. The highest BCUT2D eigenvalue weighted by atomic mass is 35.5. The van der Waals surface area contributed by atoms with Gasteiger partial charge in [-0.05, 0) is 17.7 Å². The zero-order valence-electron chi connectivity index (χ0n) is 11.6. The molecule has 2 rings (SSSR count). The molecule has 1 unspecified atom stereocenters. The summed E-state index contributed by atoms with van der Waals surface area (Å²) in [6.45, 7) is 2.25. The molecule has 0 aromatic heterocycles. The third-order valence-corrected chi connectivity index (χ3v) is 3.27. The Bertz CT molecular complexity index is 425. The van der Waals surface area contributed by atoms with Crippen LogP contribution in [0.4, 0.5) is 0 Å². The van der Waals surface area contributed by atoms with Crippen molar-refractivity contribution < 1.29 is 14.3 Å². The van der Waals surface area contributed by atoms with Gasteiger partial charge in [0.25, 0.3) is 0 Å². The van der Waals surface area contributed by atoms with E-state index in [9.17, 15) is 4.79 Å². The second kappa shape index (κ2) is 8.09. The number of ether oxygens (including phenoxy) is 2. The van der Waals surface area contributed by atoms with Crippen LogP contribution in [-0.4, -0.2) is 50.3 Å². The first kappa shape index (κ1) is 16.8. The maximum Gasteiger partial charge on any atom is 0.227 e. The molecule has 20 heavy (non-hydrogen) atoms. The van der Waals surface area contributed by atoms with Crippen LogP contribution in [0.3, 0.4) is 0 Å². The van der Waals surface area contributed by atoms with Gasteiger partial charge >= 0.3 is 0 Å². The normalized spacial score (nSPS) is 18.3. The Balaban J connectivity index is 0.00000200. The van der Waals surface area contributed by atoms with E-state index in [0.29, 0.717) is 32.7 Å². The highest BCUT2D eigenvalue weighted by molar-refractivity contribution is 5.85. The number of benzene rings is 1. The van der Waals surface area contributed by atoms with Crippen LogP contribution >= 0.6 is 12.4 Å². The van der Waals surface area contributed by atoms with E-state index in [4.69, 9.17) is 15.2 Å². The molecule has 5 nitrogen and oxygen atoms in total. The molecule has 0 bridgehead atoms. The summed E-state index contributed by atoms with van der Waals surface area (Å²) in [4.78, 5) is 14.0. The van der Waals surface area contributed by atoms with E-state index in [1.807, 2.05) is 29.2 Å². The van der Waals surface area contributed by atoms with Gasteiger partial charge in [0, 0.05) is 19.6 Å². The van der Waals surface area contributed by atoms with Crippen LogP contribution in [0.2, 0.25) is 0 Å². The molecule has 1 atom stereocenters. The predicted molar refractivity (Wildman–Crippen MR) is 79.3 cm³/mol. The average molecular weight is 301 g/mol. The summed E-state index contributed by atoms with van der Waals surface area (Å²) in [7, 11) is 1.63. The fourth-order valence-electron chi connectivity index (χ4n) is 2.12. The molecule has 1 aliphatic rings. The van der Waals surface area contributed by atoms with Crippen molar-refractivity contribution in [1.82, 2.24) is 4.90 Å². The van der Waals surface area contributed by atoms with Crippen LogP contribution in [-0.2, 0) is 16.0 Å². The van der Waals surface area contributed by atoms with Crippen molar-refractivity contribution in [3.05, 3.63) is 29.8 Å². The average Bonchev–Trinajstić information content (AvgIpc) is 2.48. The summed E-state index contributed by atoms with van der Waals surface area (Å²) in [6, 6.07) is 7.56. The molecule has 0 aliphatic carbocycles. The number of hydrogen-bond donors (Lipinski definition) is 1. The van der Waals surface area contributed by atoms with E-state index >= 15 is 0 Å². The molecule has 1 aliphatic heterocycles. The van der Waals surface area contributed by atoms with Crippen molar-refractivity contribution in [3.63, 3.8) is 0 Å². The number of morpholine rings is 1. The molecular weight excluding hydrogens is 280 g/mol. The molecule has 2 N–H and O–H groups in total. The number of rotatable bonds is 4. The Hall–Kier alpha value is -1.30. The Kier molecular flexibility index (Phi) is 6.78. The first-order valence-corrected chi connectivity index (χ1v) is 6.45. The lowest BCUT2D eigenvalue weighted by atomic mass is 10.1. The molecular formula is C14H21ClN2O3. The van der Waals surface area contributed by atoms with E-state index in [1.165, 1.54) is 0 Å². The van der Waals surface area contributed by atoms with Gasteiger partial charge in [-0.15, -0.1) is 12.4 Å². The van der Waals surface area contributed by atoms with Gasteiger partial charge in [-0.1, -0.05) is 12.1 Å². The molecule has 6 heteroatoms. The molecule has 0 spiro atoms. The van der Waals surface area contributed by atoms with E-state index in [1.54, 1.807) is 7.11 Å². The first-order valence-electron chi connectivity index (χ1n) is 6.45. The Labute approximate surface area is 125 Å². The fraction of sp³-hybridized carbons (Fsp3) is 0.500. The first-order chi connectivity index (χ1) is 9.22. The van der Waals surface area contributed by atoms with Gasteiger partial charge in [0.2, 0.25) is 5.91 Å². The second-order valence-electron chi connectivity index (χ2n) is 4.59. The number of hydrogen-bond acceptors (Lipinski definition) is 4. The van der Waals surface area contributed by atoms with Gasteiger partial charge in [-0.25, -0.2) is 0 Å². The number of nitrogens with two attached hydrogens (primary N) is 1. The molecule has 1 aromatic rings. The van der Waals surface area contributed by atoms with E-state index in [0.717, 1.165) is 11.3 Å². The Morgan fingerprint density at radius 3 is 2.75 bits per heavy atom. The van der Waals surface area contributed by atoms with Crippen LogP contribution < -0.4 is 10.5 Å². The molecule has 1 fully saturated rings. The van der Waals surface area contributed by atoms with Crippen LogP contribution in [0.1, 0.15) is 5.56 Å². The third kappa shape index (κ3) is 4.37. The minimum absolute atomic E-state index is 0. The van der Waals surface area contributed by atoms with Crippen LogP contribution in [0.5, 0.6) is 5.75 Å². The van der Waals surface area contributed by atoms with Crippen molar-refractivity contribution in [2.45, 2.75) is 12.5 Å². The number of methoxy groups -OCH3 is 1. The number of nitrogens with zero attached hydrogens (tertiary/aromatic N) is 1. The summed E-state index contributed by atoms with van der Waals surface area (Å²) in [6.07, 6.45) is 0.370. The quantitative estimate of drug-likeness (QED) is 0.895. The smallest absolute Gasteiger partial charge is 0.227 e. The van der Waals surface area contributed by atoms with Gasteiger partial charge in [0.1, 0.15) is 5.75 Å². The third-order valence-electron chi connectivity index (χ3n) is 3.27. The minimum Gasteiger partial charge on any atom is -0.497 e. The molecule has 1 saturated heterocycles. The SMILES string of the molecule is COc1ccc(CC(=O)N2CCOC(CN)C2)cc1.Cl. The van der Waals surface area contributed by atoms with Crippen molar-refractivity contribution in [2.75, 3.05) is 33.4 Å². The van der Waals surface area contributed by atoms with Gasteiger partial charge in [0.15, 0.2) is 0 Å². The van der Waals surface area contributed by atoms with E-state index in [2.05, 4.69) is 0 Å². The molecule has 1 amide bonds. The maximum atomic E-state index is 12.2. The summed E-state index contributed by atoms with van der Waals surface area (Å²) in [5.74, 6) is 0.915. The lowest BCUT2D eigenvalue weighted by molar-refractivity contribution is -0.137. The molecule has 1 heterocycles. The number of carbonyl (C=O) groups excluding carboxylic acids is 1. The Morgan fingerprint density at radius 2 is 2.15 bits per heavy atom. The molecule has 112 valence electrons. The van der Waals surface area contributed by atoms with Crippen LogP contribution in [0.15, 0.2) is 24.3 Å². The molecule has 0 saturated carbocycles.